The van der Waals surface area contributed by atoms with Crippen molar-refractivity contribution in [2.45, 2.75) is 50.8 Å². The van der Waals surface area contributed by atoms with Crippen LogP contribution in [0.3, 0.4) is 0 Å². The van der Waals surface area contributed by atoms with Crippen LogP contribution in [0.15, 0.2) is 108 Å². The predicted molar refractivity (Wildman–Crippen MR) is 236 cm³/mol. The van der Waals surface area contributed by atoms with Gasteiger partial charge in [0.2, 0.25) is 0 Å². The summed E-state index contributed by atoms with van der Waals surface area (Å²) < 4.78 is 41.4. The molecule has 0 bridgehead atoms. The van der Waals surface area contributed by atoms with Gasteiger partial charge < -0.3 is 24.7 Å². The van der Waals surface area contributed by atoms with Crippen LogP contribution in [0.25, 0.3) is 16.5 Å². The molecule has 0 saturated carbocycles. The first-order chi connectivity index (χ1) is 28.9. The number of carbonyl (C=O) groups excluding carboxylic acids is 2. The van der Waals surface area contributed by atoms with Gasteiger partial charge in [-0.3, -0.25) is 14.5 Å². The van der Waals surface area contributed by atoms with Gasteiger partial charge in [0, 0.05) is 91.9 Å². The van der Waals surface area contributed by atoms with Crippen LogP contribution in [0.2, 0.25) is 5.02 Å². The van der Waals surface area contributed by atoms with E-state index >= 15 is 0 Å². The molecule has 314 valence electrons. The molecule has 4 aromatic carbocycles. The summed E-state index contributed by atoms with van der Waals surface area (Å²) in [7, 11) is -4.37. The topological polar surface area (TPSA) is 133 Å². The van der Waals surface area contributed by atoms with Gasteiger partial charge in [-0.15, -0.1) is 0 Å². The van der Waals surface area contributed by atoms with E-state index in [9.17, 15) is 18.0 Å². The maximum atomic E-state index is 13.9. The van der Waals surface area contributed by atoms with Crippen molar-refractivity contribution in [3.05, 3.63) is 124 Å². The molecule has 60 heavy (non-hydrogen) atoms. The highest BCUT2D eigenvalue weighted by Gasteiger charge is 2.30. The summed E-state index contributed by atoms with van der Waals surface area (Å²) in [5.74, 6) is -0.200. The lowest BCUT2D eigenvalue weighted by Gasteiger charge is -2.39. The highest BCUT2D eigenvalue weighted by Crippen LogP contribution is 2.43. The number of benzene rings is 4. The van der Waals surface area contributed by atoms with Crippen molar-refractivity contribution in [1.82, 2.24) is 19.9 Å². The number of H-pyrrole nitrogens is 1. The maximum absolute atomic E-state index is 13.9. The van der Waals surface area contributed by atoms with Gasteiger partial charge in [0.25, 0.3) is 21.8 Å². The van der Waals surface area contributed by atoms with E-state index in [1.54, 1.807) is 18.2 Å². The zero-order valence-electron chi connectivity index (χ0n) is 34.1. The number of hydrogen-bond acceptors (Lipinski definition) is 8. The van der Waals surface area contributed by atoms with E-state index in [4.69, 9.17) is 21.1 Å². The third kappa shape index (κ3) is 9.90. The Morgan fingerprint density at radius 2 is 1.70 bits per heavy atom. The summed E-state index contributed by atoms with van der Waals surface area (Å²) in [5, 5.41) is 4.58. The Morgan fingerprint density at radius 1 is 0.917 bits per heavy atom. The minimum Gasteiger partial charge on any atom is -0.456 e. The fraction of sp³-hybridized carbons (Fsp3) is 0.362. The van der Waals surface area contributed by atoms with Gasteiger partial charge in [0.05, 0.1) is 10.5 Å². The Labute approximate surface area is 357 Å². The van der Waals surface area contributed by atoms with E-state index in [-0.39, 0.29) is 33.1 Å². The number of hydrogen-bond donors (Lipinski definition) is 3. The number of nitrogens with one attached hydrogen (secondary N) is 3. The zero-order valence-corrected chi connectivity index (χ0v) is 35.7. The first kappa shape index (κ1) is 41.6. The molecule has 2 aliphatic heterocycles. The van der Waals surface area contributed by atoms with Crippen LogP contribution in [0.4, 0.5) is 5.69 Å². The highest BCUT2D eigenvalue weighted by molar-refractivity contribution is 7.90. The number of allylic oxidation sites excluding steroid dienone is 1. The van der Waals surface area contributed by atoms with E-state index in [1.165, 1.54) is 34.9 Å². The van der Waals surface area contributed by atoms with Crippen molar-refractivity contribution in [3.63, 3.8) is 0 Å². The minimum atomic E-state index is -4.37. The molecule has 2 fully saturated rings. The van der Waals surface area contributed by atoms with Crippen LogP contribution in [-0.2, 0) is 14.8 Å². The molecular weight excluding hydrogens is 798 g/mol. The number of halogens is 1. The molecule has 11 nitrogen and oxygen atoms in total. The normalized spacial score (nSPS) is 17.8. The number of piperazine rings is 1. The number of sulfonamides is 1. The molecule has 2 amide bonds. The monoisotopic (exact) mass is 849 g/mol. The number of ether oxygens (including phenoxy) is 2. The number of carbonyl (C=O) groups is 2. The average Bonchev–Trinajstić information content (AvgIpc) is 3.72. The number of aromatic amines is 1. The standard InChI is InChI=1S/C47H52ClN5O6S/c1-47(2)18-14-36(42(29-47)33-6-8-37(48)9-7-33)31-52-20-22-53(23-21-52)38-10-12-41(44(28-38)59-39-11-13-43-34(26-39)15-19-49-43)46(55)51-60(56,57)40-5-3-4-35(27-40)45(54)50-30-32-16-24-58-25-17-32/h3-13,15,19,26-28,32,49H,14,16-18,20-25,29-31H2,1-2H3,(H,50,54)(H,51,55). The number of amides is 2. The summed E-state index contributed by atoms with van der Waals surface area (Å²) in [5.41, 5.74) is 6.46. The second-order valence-electron chi connectivity index (χ2n) is 16.9. The molecule has 0 radical (unpaired) electrons. The van der Waals surface area contributed by atoms with Crippen LogP contribution in [-0.4, -0.2) is 82.6 Å². The second-order valence-corrected chi connectivity index (χ2v) is 19.0. The van der Waals surface area contributed by atoms with Gasteiger partial charge in [0.15, 0.2) is 0 Å². The molecule has 3 aliphatic rings. The fourth-order valence-electron chi connectivity index (χ4n) is 8.43. The van der Waals surface area contributed by atoms with Gasteiger partial charge in [-0.1, -0.05) is 49.2 Å². The largest absolute Gasteiger partial charge is 0.456 e. The predicted octanol–water partition coefficient (Wildman–Crippen LogP) is 8.67. The first-order valence-corrected chi connectivity index (χ1v) is 22.6. The number of anilines is 1. The Bertz CT molecular complexity index is 2500. The molecule has 0 spiro atoms. The molecule has 13 heteroatoms. The lowest BCUT2D eigenvalue weighted by molar-refractivity contribution is 0.0642. The van der Waals surface area contributed by atoms with Crippen LogP contribution in [0, 0.1) is 11.3 Å². The van der Waals surface area contributed by atoms with E-state index in [0.717, 1.165) is 86.4 Å². The lowest BCUT2D eigenvalue weighted by atomic mass is 9.72. The quantitative estimate of drug-likeness (QED) is 0.114. The van der Waals surface area contributed by atoms with Crippen LogP contribution >= 0.6 is 11.6 Å². The molecule has 0 atom stereocenters. The molecule has 3 heterocycles. The lowest BCUT2D eigenvalue weighted by Crippen LogP contribution is -2.47. The van der Waals surface area contributed by atoms with E-state index in [1.807, 2.05) is 48.7 Å². The summed E-state index contributed by atoms with van der Waals surface area (Å²) in [6.45, 7) is 10.6. The molecule has 1 aromatic heterocycles. The van der Waals surface area contributed by atoms with Crippen LogP contribution in [0.1, 0.15) is 72.2 Å². The molecule has 0 unspecified atom stereocenters. The molecular formula is C47H52ClN5O6S. The van der Waals surface area contributed by atoms with E-state index < -0.39 is 15.9 Å². The van der Waals surface area contributed by atoms with E-state index in [0.29, 0.717) is 31.4 Å². The third-order valence-corrected chi connectivity index (χ3v) is 13.6. The maximum Gasteiger partial charge on any atom is 0.268 e. The molecule has 8 rings (SSSR count). The Kier molecular flexibility index (Phi) is 12.4. The molecule has 5 aromatic rings. The fourth-order valence-corrected chi connectivity index (χ4v) is 9.57. The van der Waals surface area contributed by atoms with Gasteiger partial charge in [-0.05, 0) is 121 Å². The minimum absolute atomic E-state index is 0.0578. The van der Waals surface area contributed by atoms with Crippen molar-refractivity contribution >= 4 is 55.6 Å². The first-order valence-electron chi connectivity index (χ1n) is 20.8. The van der Waals surface area contributed by atoms with Crippen molar-refractivity contribution in [3.8, 4) is 11.5 Å². The van der Waals surface area contributed by atoms with Crippen LogP contribution in [0.5, 0.6) is 11.5 Å². The van der Waals surface area contributed by atoms with Gasteiger partial charge >= 0.3 is 0 Å². The molecule has 3 N–H and O–H groups in total. The average molecular weight is 850 g/mol. The number of fused-ring (bicyclic) bond motifs is 1. The summed E-state index contributed by atoms with van der Waals surface area (Å²) in [6.07, 6.45) is 6.81. The van der Waals surface area contributed by atoms with Crippen LogP contribution < -0.4 is 19.7 Å². The summed E-state index contributed by atoms with van der Waals surface area (Å²) in [6, 6.07) is 26.7. The Balaban J connectivity index is 0.987. The van der Waals surface area contributed by atoms with Gasteiger partial charge in [-0.25, -0.2) is 13.1 Å². The molecule has 1 aliphatic carbocycles. The van der Waals surface area contributed by atoms with Crippen molar-refractivity contribution in [1.29, 1.82) is 0 Å². The Morgan fingerprint density at radius 3 is 2.48 bits per heavy atom. The van der Waals surface area contributed by atoms with Gasteiger partial charge in [0.1, 0.15) is 11.5 Å². The van der Waals surface area contributed by atoms with Crippen molar-refractivity contribution in [2.24, 2.45) is 11.3 Å². The smallest absolute Gasteiger partial charge is 0.268 e. The third-order valence-electron chi connectivity index (χ3n) is 12.0. The van der Waals surface area contributed by atoms with Gasteiger partial charge in [-0.2, -0.15) is 0 Å². The van der Waals surface area contributed by atoms with Crippen molar-refractivity contribution < 1.29 is 27.5 Å². The SMILES string of the molecule is CC1(C)CCC(CN2CCN(c3ccc(C(=O)NS(=O)(=O)c4cccc(C(=O)NCC5CCOCC5)c4)c(Oc4ccc5[nH]ccc5c4)c3)CC2)=C(c2ccc(Cl)cc2)C1. The number of nitrogens with zero attached hydrogens (tertiary/aromatic N) is 2. The molecule has 2 saturated heterocycles. The Hall–Kier alpha value is -5.14. The zero-order chi connectivity index (χ0) is 41.9. The highest BCUT2D eigenvalue weighted by atomic mass is 35.5. The van der Waals surface area contributed by atoms with Crippen molar-refractivity contribution in [2.75, 3.05) is 57.4 Å². The van der Waals surface area contributed by atoms with E-state index in [2.05, 4.69) is 50.8 Å². The number of aromatic nitrogens is 1. The second kappa shape index (κ2) is 17.8. The summed E-state index contributed by atoms with van der Waals surface area (Å²) >= 11 is 6.25. The number of rotatable bonds is 12. The summed E-state index contributed by atoms with van der Waals surface area (Å²) in [4.78, 5) is 34.7.